The number of carbonyl (C=O) groups is 1. The number of aliphatic hydroxyl groups is 1. The Balaban J connectivity index is 3.08. The average Bonchev–Trinajstić information content (AvgIpc) is 2.39. The molecule has 0 fully saturated rings. The van der Waals surface area contributed by atoms with Crippen LogP contribution in [0.3, 0.4) is 0 Å². The van der Waals surface area contributed by atoms with E-state index in [2.05, 4.69) is 20.7 Å². The SMILES string of the molecule is CCOc1ccc(Br)cc1S(=O)(=O)NCC(C)(O)C(=O)O. The van der Waals surface area contributed by atoms with Gasteiger partial charge in [-0.2, -0.15) is 0 Å². The Bertz CT molecular complexity index is 629. The molecule has 21 heavy (non-hydrogen) atoms. The number of halogens is 1. The lowest BCUT2D eigenvalue weighted by atomic mass is 10.1. The molecule has 0 aliphatic rings. The molecule has 0 aromatic heterocycles. The van der Waals surface area contributed by atoms with Gasteiger partial charge < -0.3 is 14.9 Å². The monoisotopic (exact) mass is 381 g/mol. The first-order chi connectivity index (χ1) is 9.60. The van der Waals surface area contributed by atoms with Gasteiger partial charge in [0.2, 0.25) is 10.0 Å². The first-order valence-electron chi connectivity index (χ1n) is 5.98. The molecule has 1 rings (SSSR count). The van der Waals surface area contributed by atoms with E-state index in [9.17, 15) is 18.3 Å². The van der Waals surface area contributed by atoms with Gasteiger partial charge in [0.25, 0.3) is 0 Å². The highest BCUT2D eigenvalue weighted by atomic mass is 79.9. The summed E-state index contributed by atoms with van der Waals surface area (Å²) >= 11 is 3.16. The molecule has 0 bridgehead atoms. The Kier molecular flexibility index (Phi) is 5.74. The molecule has 1 aromatic rings. The lowest BCUT2D eigenvalue weighted by molar-refractivity contribution is -0.155. The maximum absolute atomic E-state index is 12.2. The minimum absolute atomic E-state index is 0.139. The van der Waals surface area contributed by atoms with Crippen LogP contribution in [0.1, 0.15) is 13.8 Å². The number of sulfonamides is 1. The van der Waals surface area contributed by atoms with Gasteiger partial charge in [0.1, 0.15) is 10.6 Å². The summed E-state index contributed by atoms with van der Waals surface area (Å²) in [4.78, 5) is 10.6. The third-order valence-electron chi connectivity index (χ3n) is 2.56. The molecule has 0 spiro atoms. The fourth-order valence-electron chi connectivity index (χ4n) is 1.36. The van der Waals surface area contributed by atoms with E-state index in [1.54, 1.807) is 13.0 Å². The zero-order chi connectivity index (χ0) is 16.3. The van der Waals surface area contributed by atoms with Crippen molar-refractivity contribution < 1.29 is 28.2 Å². The summed E-state index contributed by atoms with van der Waals surface area (Å²) < 4.78 is 32.3. The van der Waals surface area contributed by atoms with Crippen LogP contribution in [0.5, 0.6) is 5.75 Å². The van der Waals surface area contributed by atoms with Gasteiger partial charge in [0, 0.05) is 4.47 Å². The lowest BCUT2D eigenvalue weighted by Crippen LogP contribution is -2.46. The number of benzene rings is 1. The summed E-state index contributed by atoms with van der Waals surface area (Å²) in [7, 11) is -4.03. The second kappa shape index (κ2) is 6.73. The molecule has 9 heteroatoms. The Labute approximate surface area is 131 Å². The van der Waals surface area contributed by atoms with Gasteiger partial charge in [0.15, 0.2) is 5.60 Å². The molecule has 0 aliphatic carbocycles. The minimum Gasteiger partial charge on any atom is -0.492 e. The van der Waals surface area contributed by atoms with Gasteiger partial charge in [-0.3, -0.25) is 0 Å². The van der Waals surface area contributed by atoms with E-state index < -0.39 is 28.1 Å². The molecular formula is C12H16BrNO6S. The van der Waals surface area contributed by atoms with Crippen LogP contribution in [0.4, 0.5) is 0 Å². The molecule has 1 unspecified atom stereocenters. The van der Waals surface area contributed by atoms with Gasteiger partial charge >= 0.3 is 5.97 Å². The summed E-state index contributed by atoms with van der Waals surface area (Å²) in [6, 6.07) is 4.44. The van der Waals surface area contributed by atoms with E-state index in [0.717, 1.165) is 6.92 Å². The van der Waals surface area contributed by atoms with E-state index >= 15 is 0 Å². The van der Waals surface area contributed by atoms with Crippen molar-refractivity contribution in [1.29, 1.82) is 0 Å². The van der Waals surface area contributed by atoms with Crippen LogP contribution in [0.15, 0.2) is 27.6 Å². The van der Waals surface area contributed by atoms with Crippen LogP contribution in [0, 0.1) is 0 Å². The van der Waals surface area contributed by atoms with Gasteiger partial charge in [-0.05, 0) is 32.0 Å². The molecule has 3 N–H and O–H groups in total. The van der Waals surface area contributed by atoms with Gasteiger partial charge in [0.05, 0.1) is 13.2 Å². The van der Waals surface area contributed by atoms with Crippen molar-refractivity contribution in [2.24, 2.45) is 0 Å². The van der Waals surface area contributed by atoms with Gasteiger partial charge in [-0.25, -0.2) is 17.9 Å². The topological polar surface area (TPSA) is 113 Å². The Morgan fingerprint density at radius 1 is 1.48 bits per heavy atom. The van der Waals surface area contributed by atoms with Crippen molar-refractivity contribution in [3.8, 4) is 5.75 Å². The molecule has 0 aliphatic heterocycles. The second-order valence-corrected chi connectivity index (χ2v) is 7.08. The van der Waals surface area contributed by atoms with E-state index in [1.165, 1.54) is 12.1 Å². The largest absolute Gasteiger partial charge is 0.492 e. The van der Waals surface area contributed by atoms with E-state index in [-0.39, 0.29) is 17.3 Å². The number of carboxylic acids is 1. The summed E-state index contributed by atoms with van der Waals surface area (Å²) in [5, 5.41) is 18.3. The third kappa shape index (κ3) is 4.67. The lowest BCUT2D eigenvalue weighted by Gasteiger charge is -2.19. The van der Waals surface area contributed by atoms with Crippen molar-refractivity contribution >= 4 is 31.9 Å². The molecule has 0 radical (unpaired) electrons. The van der Waals surface area contributed by atoms with Gasteiger partial charge in [-0.1, -0.05) is 15.9 Å². The molecule has 1 aromatic carbocycles. The number of carboxylic acid groups (broad SMARTS) is 1. The van der Waals surface area contributed by atoms with Gasteiger partial charge in [-0.15, -0.1) is 0 Å². The Hall–Kier alpha value is -1.16. The summed E-state index contributed by atoms with van der Waals surface area (Å²) in [5.41, 5.74) is -2.20. The molecule has 118 valence electrons. The molecule has 0 saturated carbocycles. The number of hydrogen-bond donors (Lipinski definition) is 3. The standard InChI is InChI=1S/C12H16BrNO6S/c1-3-20-9-5-4-8(13)6-10(9)21(18,19)14-7-12(2,17)11(15)16/h4-6,14,17H,3,7H2,1-2H3,(H,15,16). The van der Waals surface area contributed by atoms with Crippen LogP contribution in [-0.2, 0) is 14.8 Å². The smallest absolute Gasteiger partial charge is 0.336 e. The molecular weight excluding hydrogens is 366 g/mol. The second-order valence-electron chi connectivity index (χ2n) is 4.43. The number of ether oxygens (including phenoxy) is 1. The quantitative estimate of drug-likeness (QED) is 0.648. The summed E-state index contributed by atoms with van der Waals surface area (Å²) in [5.74, 6) is -1.38. The first-order valence-corrected chi connectivity index (χ1v) is 8.25. The maximum atomic E-state index is 12.2. The van der Waals surface area contributed by atoms with Crippen molar-refractivity contribution in [2.45, 2.75) is 24.3 Å². The third-order valence-corrected chi connectivity index (χ3v) is 4.48. The molecule has 0 saturated heterocycles. The predicted octanol–water partition coefficient (Wildman–Crippen LogP) is 0.962. The van der Waals surface area contributed by atoms with Crippen molar-refractivity contribution in [3.05, 3.63) is 22.7 Å². The first kappa shape index (κ1) is 17.9. The van der Waals surface area contributed by atoms with Crippen molar-refractivity contribution in [2.75, 3.05) is 13.2 Å². The molecule has 0 amide bonds. The Morgan fingerprint density at radius 2 is 2.10 bits per heavy atom. The highest BCUT2D eigenvalue weighted by Crippen LogP contribution is 2.27. The average molecular weight is 382 g/mol. The number of nitrogens with one attached hydrogen (secondary N) is 1. The van der Waals surface area contributed by atoms with E-state index in [1.807, 2.05) is 0 Å². The normalized spacial score (nSPS) is 14.5. The van der Waals surface area contributed by atoms with Crippen LogP contribution >= 0.6 is 15.9 Å². The maximum Gasteiger partial charge on any atom is 0.336 e. The summed E-state index contributed by atoms with van der Waals surface area (Å²) in [6.07, 6.45) is 0. The highest BCUT2D eigenvalue weighted by Gasteiger charge is 2.32. The molecule has 7 nitrogen and oxygen atoms in total. The highest BCUT2D eigenvalue weighted by molar-refractivity contribution is 9.10. The number of aliphatic carboxylic acids is 1. The molecule has 1 atom stereocenters. The number of hydrogen-bond acceptors (Lipinski definition) is 5. The number of rotatable bonds is 7. The van der Waals surface area contributed by atoms with Crippen molar-refractivity contribution in [3.63, 3.8) is 0 Å². The van der Waals surface area contributed by atoms with Crippen LogP contribution in [-0.4, -0.2) is 43.4 Å². The van der Waals surface area contributed by atoms with E-state index in [4.69, 9.17) is 9.84 Å². The fraction of sp³-hybridized carbons (Fsp3) is 0.417. The van der Waals surface area contributed by atoms with Crippen molar-refractivity contribution in [1.82, 2.24) is 4.72 Å². The zero-order valence-corrected chi connectivity index (χ0v) is 13.9. The van der Waals surface area contributed by atoms with Crippen LogP contribution in [0.25, 0.3) is 0 Å². The van der Waals surface area contributed by atoms with Crippen LogP contribution < -0.4 is 9.46 Å². The summed E-state index contributed by atoms with van der Waals surface area (Å²) in [6.45, 7) is 2.32. The minimum atomic E-state index is -4.03. The van der Waals surface area contributed by atoms with E-state index in [0.29, 0.717) is 4.47 Å². The zero-order valence-electron chi connectivity index (χ0n) is 11.5. The van der Waals surface area contributed by atoms with Crippen LogP contribution in [0.2, 0.25) is 0 Å². The molecule has 0 heterocycles. The Morgan fingerprint density at radius 3 is 2.62 bits per heavy atom. The fourth-order valence-corrected chi connectivity index (χ4v) is 3.17. The predicted molar refractivity (Wildman–Crippen MR) is 78.8 cm³/mol.